The van der Waals surface area contributed by atoms with Gasteiger partial charge in [-0.1, -0.05) is 22.9 Å². The molecule has 1 aliphatic rings. The van der Waals surface area contributed by atoms with E-state index in [0.29, 0.717) is 0 Å². The summed E-state index contributed by atoms with van der Waals surface area (Å²) in [6.45, 7) is 5.83. The Morgan fingerprint density at radius 2 is 2.18 bits per heavy atom. The van der Waals surface area contributed by atoms with E-state index in [4.69, 9.17) is 0 Å². The first-order chi connectivity index (χ1) is 5.29. The Balaban J connectivity index is 2.30. The van der Waals surface area contributed by atoms with Gasteiger partial charge in [0.2, 0.25) is 0 Å². The summed E-state index contributed by atoms with van der Waals surface area (Å²) >= 11 is 3.50. The van der Waals surface area contributed by atoms with Gasteiger partial charge in [-0.15, -0.1) is 0 Å². The van der Waals surface area contributed by atoms with Crippen molar-refractivity contribution in [1.29, 1.82) is 0 Å². The van der Waals surface area contributed by atoms with E-state index in [9.17, 15) is 0 Å². The first-order valence-corrected chi connectivity index (χ1v) is 5.73. The van der Waals surface area contributed by atoms with Crippen LogP contribution in [-0.2, 0) is 0 Å². The molecule has 0 spiro atoms. The van der Waals surface area contributed by atoms with Crippen LogP contribution >= 0.6 is 15.9 Å². The largest absolute Gasteiger partial charge is 0.297 e. The molecule has 0 heterocycles. The van der Waals surface area contributed by atoms with Crippen LogP contribution in [0, 0.1) is 0 Å². The summed E-state index contributed by atoms with van der Waals surface area (Å²) in [5.74, 6) is 0. The van der Waals surface area contributed by atoms with E-state index in [1.54, 1.807) is 0 Å². The second-order valence-electron chi connectivity index (χ2n) is 3.42. The molecule has 2 heteroatoms. The smallest absolute Gasteiger partial charge is 0.0159 e. The number of rotatable bonds is 5. The molecule has 0 aromatic rings. The quantitative estimate of drug-likeness (QED) is 0.644. The van der Waals surface area contributed by atoms with Gasteiger partial charge in [0, 0.05) is 24.0 Å². The fraction of sp³-hybridized carbons (Fsp3) is 1.00. The second kappa shape index (κ2) is 4.46. The minimum absolute atomic E-state index is 0.778. The Labute approximate surface area is 78.3 Å². The average molecular weight is 220 g/mol. The summed E-state index contributed by atoms with van der Waals surface area (Å²) in [7, 11) is 0. The fourth-order valence-electron chi connectivity index (χ4n) is 1.50. The molecule has 1 atom stereocenters. The molecule has 1 saturated carbocycles. The maximum Gasteiger partial charge on any atom is 0.0159 e. The maximum absolute atomic E-state index is 3.50. The number of nitrogens with zero attached hydrogens (tertiary/aromatic N) is 1. The lowest BCUT2D eigenvalue weighted by atomic mass is 10.2. The third-order valence-electron chi connectivity index (χ3n) is 2.52. The van der Waals surface area contributed by atoms with E-state index < -0.39 is 0 Å². The van der Waals surface area contributed by atoms with E-state index in [-0.39, 0.29) is 0 Å². The summed E-state index contributed by atoms with van der Waals surface area (Å²) in [4.78, 5) is 2.63. The van der Waals surface area contributed by atoms with Gasteiger partial charge in [-0.2, -0.15) is 0 Å². The summed E-state index contributed by atoms with van der Waals surface area (Å²) in [6.07, 6.45) is 4.14. The zero-order valence-electron chi connectivity index (χ0n) is 7.52. The van der Waals surface area contributed by atoms with Gasteiger partial charge in [-0.3, -0.25) is 4.90 Å². The minimum atomic E-state index is 0.778. The minimum Gasteiger partial charge on any atom is -0.297 e. The van der Waals surface area contributed by atoms with Crippen molar-refractivity contribution in [1.82, 2.24) is 4.90 Å². The van der Waals surface area contributed by atoms with Crippen LogP contribution in [-0.4, -0.2) is 28.9 Å². The van der Waals surface area contributed by atoms with E-state index in [1.807, 2.05) is 0 Å². The highest BCUT2D eigenvalue weighted by molar-refractivity contribution is 9.09. The predicted molar refractivity (Wildman–Crippen MR) is 53.3 cm³/mol. The SMILES string of the molecule is CCC(C)N(CCBr)C1CC1. The van der Waals surface area contributed by atoms with E-state index in [1.165, 1.54) is 25.8 Å². The van der Waals surface area contributed by atoms with Crippen molar-refractivity contribution in [3.05, 3.63) is 0 Å². The zero-order chi connectivity index (χ0) is 8.27. The number of alkyl halides is 1. The molecular weight excluding hydrogens is 202 g/mol. The predicted octanol–water partition coefficient (Wildman–Crippen LogP) is 2.64. The zero-order valence-corrected chi connectivity index (χ0v) is 9.10. The molecule has 0 amide bonds. The Kier molecular flexibility index (Phi) is 3.86. The van der Waals surface area contributed by atoms with Crippen molar-refractivity contribution in [3.8, 4) is 0 Å². The van der Waals surface area contributed by atoms with E-state index >= 15 is 0 Å². The molecule has 0 N–H and O–H groups in total. The summed E-state index contributed by atoms with van der Waals surface area (Å²) in [5, 5.41) is 1.12. The van der Waals surface area contributed by atoms with Crippen LogP contribution in [0.5, 0.6) is 0 Å². The molecule has 1 aliphatic carbocycles. The molecule has 1 fully saturated rings. The van der Waals surface area contributed by atoms with Gasteiger partial charge in [-0.05, 0) is 26.2 Å². The molecule has 0 aromatic heterocycles. The summed E-state index contributed by atoms with van der Waals surface area (Å²) < 4.78 is 0. The molecule has 66 valence electrons. The highest BCUT2D eigenvalue weighted by atomic mass is 79.9. The molecule has 0 saturated heterocycles. The van der Waals surface area contributed by atoms with Gasteiger partial charge in [0.05, 0.1) is 0 Å². The normalized spacial score (nSPS) is 20.7. The van der Waals surface area contributed by atoms with Crippen LogP contribution in [0.1, 0.15) is 33.1 Å². The lowest BCUT2D eigenvalue weighted by Gasteiger charge is -2.27. The van der Waals surface area contributed by atoms with Gasteiger partial charge in [0.25, 0.3) is 0 Å². The highest BCUT2D eigenvalue weighted by Gasteiger charge is 2.30. The average Bonchev–Trinajstić information content (AvgIpc) is 2.81. The first-order valence-electron chi connectivity index (χ1n) is 4.61. The molecule has 0 aromatic carbocycles. The molecular formula is C9H18BrN. The fourth-order valence-corrected chi connectivity index (χ4v) is 1.91. The van der Waals surface area contributed by atoms with Crippen LogP contribution in [0.4, 0.5) is 0 Å². The lowest BCUT2D eigenvalue weighted by Crippen LogP contribution is -2.36. The van der Waals surface area contributed by atoms with Crippen molar-refractivity contribution in [2.45, 2.75) is 45.2 Å². The summed E-state index contributed by atoms with van der Waals surface area (Å²) in [6, 6.07) is 1.70. The molecule has 0 bridgehead atoms. The van der Waals surface area contributed by atoms with Gasteiger partial charge in [0.15, 0.2) is 0 Å². The molecule has 1 unspecified atom stereocenters. The Morgan fingerprint density at radius 1 is 1.55 bits per heavy atom. The number of hydrogen-bond acceptors (Lipinski definition) is 1. The monoisotopic (exact) mass is 219 g/mol. The van der Waals surface area contributed by atoms with Gasteiger partial charge in [-0.25, -0.2) is 0 Å². The Hall–Kier alpha value is 0.440. The molecule has 1 rings (SSSR count). The Morgan fingerprint density at radius 3 is 2.55 bits per heavy atom. The second-order valence-corrected chi connectivity index (χ2v) is 4.21. The van der Waals surface area contributed by atoms with E-state index in [0.717, 1.165) is 17.4 Å². The highest BCUT2D eigenvalue weighted by Crippen LogP contribution is 2.29. The molecule has 11 heavy (non-hydrogen) atoms. The van der Waals surface area contributed by atoms with E-state index in [2.05, 4.69) is 34.7 Å². The van der Waals surface area contributed by atoms with Crippen LogP contribution in [0.15, 0.2) is 0 Å². The van der Waals surface area contributed by atoms with Crippen molar-refractivity contribution in [2.75, 3.05) is 11.9 Å². The van der Waals surface area contributed by atoms with Gasteiger partial charge in [0.1, 0.15) is 0 Å². The van der Waals surface area contributed by atoms with Gasteiger partial charge >= 0.3 is 0 Å². The number of hydrogen-bond donors (Lipinski definition) is 0. The number of halogens is 1. The molecule has 0 radical (unpaired) electrons. The third-order valence-corrected chi connectivity index (χ3v) is 2.87. The third kappa shape index (κ3) is 2.75. The topological polar surface area (TPSA) is 3.24 Å². The van der Waals surface area contributed by atoms with Crippen LogP contribution in [0.2, 0.25) is 0 Å². The van der Waals surface area contributed by atoms with Gasteiger partial charge < -0.3 is 0 Å². The summed E-state index contributed by atoms with van der Waals surface area (Å²) in [5.41, 5.74) is 0. The van der Waals surface area contributed by atoms with Crippen molar-refractivity contribution in [2.24, 2.45) is 0 Å². The maximum atomic E-state index is 3.50. The van der Waals surface area contributed by atoms with Crippen LogP contribution in [0.3, 0.4) is 0 Å². The lowest BCUT2D eigenvalue weighted by molar-refractivity contribution is 0.207. The standard InChI is InChI=1S/C9H18BrN/c1-3-8(2)11(7-6-10)9-4-5-9/h8-9H,3-7H2,1-2H3. The molecule has 1 nitrogen and oxygen atoms in total. The van der Waals surface area contributed by atoms with Crippen LogP contribution < -0.4 is 0 Å². The Bertz CT molecular complexity index is 112. The van der Waals surface area contributed by atoms with Crippen molar-refractivity contribution < 1.29 is 0 Å². The van der Waals surface area contributed by atoms with Crippen LogP contribution in [0.25, 0.3) is 0 Å². The van der Waals surface area contributed by atoms with Crippen molar-refractivity contribution >= 4 is 15.9 Å². The molecule has 0 aliphatic heterocycles. The van der Waals surface area contributed by atoms with Crippen molar-refractivity contribution in [3.63, 3.8) is 0 Å². The first kappa shape index (κ1) is 9.53.